The number of ether oxygens (including phenoxy) is 1. The molecule has 1 saturated carbocycles. The molecule has 0 aromatic heterocycles. The van der Waals surface area contributed by atoms with E-state index in [9.17, 15) is 4.79 Å². The monoisotopic (exact) mass is 171 g/mol. The van der Waals surface area contributed by atoms with Crippen molar-refractivity contribution in [1.29, 1.82) is 0 Å². The van der Waals surface area contributed by atoms with Crippen molar-refractivity contribution in [2.45, 2.75) is 32.7 Å². The van der Waals surface area contributed by atoms with E-state index in [1.807, 2.05) is 0 Å². The molecule has 0 heterocycles. The van der Waals surface area contributed by atoms with Crippen molar-refractivity contribution in [2.24, 2.45) is 17.1 Å². The maximum atomic E-state index is 11.2. The Morgan fingerprint density at radius 2 is 2.08 bits per heavy atom. The zero-order chi connectivity index (χ0) is 9.35. The zero-order valence-electron chi connectivity index (χ0n) is 7.96. The first-order valence-electron chi connectivity index (χ1n) is 4.30. The van der Waals surface area contributed by atoms with Crippen molar-refractivity contribution < 1.29 is 9.53 Å². The topological polar surface area (TPSA) is 52.3 Å². The van der Waals surface area contributed by atoms with Crippen LogP contribution in [-0.2, 0) is 9.53 Å². The summed E-state index contributed by atoms with van der Waals surface area (Å²) in [6.45, 7) is 4.27. The van der Waals surface area contributed by atoms with Crippen LogP contribution in [0.4, 0.5) is 0 Å². The van der Waals surface area contributed by atoms with E-state index in [1.54, 1.807) is 0 Å². The van der Waals surface area contributed by atoms with Gasteiger partial charge >= 0.3 is 5.97 Å². The van der Waals surface area contributed by atoms with Crippen molar-refractivity contribution in [2.75, 3.05) is 7.11 Å². The van der Waals surface area contributed by atoms with Crippen LogP contribution in [-0.4, -0.2) is 19.1 Å². The highest BCUT2D eigenvalue weighted by molar-refractivity contribution is 5.73. The van der Waals surface area contributed by atoms with Crippen molar-refractivity contribution in [1.82, 2.24) is 0 Å². The molecule has 0 radical (unpaired) electrons. The maximum absolute atomic E-state index is 11.2. The molecule has 2 atom stereocenters. The minimum atomic E-state index is -0.159. The second-order valence-electron chi connectivity index (χ2n) is 4.37. The Hall–Kier alpha value is -0.570. The molecule has 70 valence electrons. The number of methoxy groups -OCH3 is 1. The van der Waals surface area contributed by atoms with Crippen LogP contribution in [0.3, 0.4) is 0 Å². The van der Waals surface area contributed by atoms with Gasteiger partial charge in [0.2, 0.25) is 0 Å². The molecule has 0 amide bonds. The Morgan fingerprint density at radius 1 is 1.50 bits per heavy atom. The quantitative estimate of drug-likeness (QED) is 0.597. The highest BCUT2D eigenvalue weighted by atomic mass is 16.5. The first kappa shape index (κ1) is 9.52. The number of hydrogen-bond acceptors (Lipinski definition) is 3. The van der Waals surface area contributed by atoms with Crippen LogP contribution in [0.15, 0.2) is 0 Å². The summed E-state index contributed by atoms with van der Waals surface area (Å²) in [7, 11) is 1.42. The second-order valence-corrected chi connectivity index (χ2v) is 4.37. The molecule has 1 rings (SSSR count). The van der Waals surface area contributed by atoms with Gasteiger partial charge in [-0.1, -0.05) is 13.8 Å². The normalized spacial score (nSPS) is 33.3. The first-order valence-corrected chi connectivity index (χ1v) is 4.30. The van der Waals surface area contributed by atoms with Gasteiger partial charge in [-0.25, -0.2) is 0 Å². The van der Waals surface area contributed by atoms with Crippen molar-refractivity contribution in [3.8, 4) is 0 Å². The van der Waals surface area contributed by atoms with Gasteiger partial charge in [-0.2, -0.15) is 0 Å². The minimum Gasteiger partial charge on any atom is -0.469 e. The van der Waals surface area contributed by atoms with Crippen LogP contribution in [0.1, 0.15) is 26.7 Å². The van der Waals surface area contributed by atoms with E-state index in [0.717, 1.165) is 12.8 Å². The average Bonchev–Trinajstić information content (AvgIpc) is 2.23. The number of hydrogen-bond donors (Lipinski definition) is 1. The third-order valence-electron chi connectivity index (χ3n) is 2.58. The molecule has 1 fully saturated rings. The predicted molar refractivity (Wildman–Crippen MR) is 46.5 cm³/mol. The van der Waals surface area contributed by atoms with Crippen LogP contribution in [0.5, 0.6) is 0 Å². The third kappa shape index (κ3) is 1.78. The summed E-state index contributed by atoms with van der Waals surface area (Å²) in [5.74, 6) is -0.252. The summed E-state index contributed by atoms with van der Waals surface area (Å²) in [5.41, 5.74) is 6.02. The SMILES string of the molecule is COC(=O)C1CC(C)(C)CC1N. The number of nitrogens with two attached hydrogens (primary N) is 1. The smallest absolute Gasteiger partial charge is 0.310 e. The first-order chi connectivity index (χ1) is 5.46. The highest BCUT2D eigenvalue weighted by Gasteiger charge is 2.41. The molecule has 12 heavy (non-hydrogen) atoms. The zero-order valence-corrected chi connectivity index (χ0v) is 7.96. The Morgan fingerprint density at radius 3 is 2.42 bits per heavy atom. The molecule has 0 saturated heterocycles. The standard InChI is InChI=1S/C9H17NO2/c1-9(2)4-6(7(10)5-9)8(11)12-3/h6-7H,4-5,10H2,1-3H3. The van der Waals surface area contributed by atoms with E-state index in [1.165, 1.54) is 7.11 Å². The van der Waals surface area contributed by atoms with Crippen molar-refractivity contribution >= 4 is 5.97 Å². The van der Waals surface area contributed by atoms with E-state index < -0.39 is 0 Å². The van der Waals surface area contributed by atoms with E-state index in [-0.39, 0.29) is 23.3 Å². The number of carbonyl (C=O) groups excluding carboxylic acids is 1. The summed E-state index contributed by atoms with van der Waals surface area (Å²) < 4.78 is 4.68. The average molecular weight is 171 g/mol. The van der Waals surface area contributed by atoms with E-state index in [2.05, 4.69) is 18.6 Å². The lowest BCUT2D eigenvalue weighted by Gasteiger charge is -2.15. The summed E-state index contributed by atoms with van der Waals surface area (Å²) in [6, 6.07) is -0.0209. The molecular weight excluding hydrogens is 154 g/mol. The Kier molecular flexibility index (Phi) is 2.42. The molecule has 1 aliphatic rings. The molecule has 0 aromatic rings. The number of rotatable bonds is 1. The van der Waals surface area contributed by atoms with Crippen LogP contribution in [0.2, 0.25) is 0 Å². The molecule has 0 aliphatic heterocycles. The van der Waals surface area contributed by atoms with Crippen LogP contribution >= 0.6 is 0 Å². The van der Waals surface area contributed by atoms with Gasteiger partial charge < -0.3 is 10.5 Å². The lowest BCUT2D eigenvalue weighted by atomic mass is 9.90. The Balaban J connectivity index is 2.64. The minimum absolute atomic E-state index is 0.0209. The fraction of sp³-hybridized carbons (Fsp3) is 0.889. The van der Waals surface area contributed by atoms with Gasteiger partial charge in [-0.3, -0.25) is 4.79 Å². The van der Waals surface area contributed by atoms with Crippen molar-refractivity contribution in [3.05, 3.63) is 0 Å². The van der Waals surface area contributed by atoms with Gasteiger partial charge in [0, 0.05) is 6.04 Å². The summed E-state index contributed by atoms with van der Waals surface area (Å²) >= 11 is 0. The van der Waals surface area contributed by atoms with Crippen LogP contribution in [0, 0.1) is 11.3 Å². The molecule has 1 aliphatic carbocycles. The van der Waals surface area contributed by atoms with Gasteiger partial charge in [0.25, 0.3) is 0 Å². The largest absolute Gasteiger partial charge is 0.469 e. The molecule has 3 nitrogen and oxygen atoms in total. The molecule has 0 aromatic carbocycles. The third-order valence-corrected chi connectivity index (χ3v) is 2.58. The molecule has 3 heteroatoms. The second kappa shape index (κ2) is 3.05. The molecule has 0 spiro atoms. The number of carbonyl (C=O) groups is 1. The summed E-state index contributed by atoms with van der Waals surface area (Å²) in [6.07, 6.45) is 1.76. The summed E-state index contributed by atoms with van der Waals surface area (Å²) in [4.78, 5) is 11.2. The van der Waals surface area contributed by atoms with Crippen LogP contribution in [0.25, 0.3) is 0 Å². The van der Waals surface area contributed by atoms with E-state index >= 15 is 0 Å². The van der Waals surface area contributed by atoms with Gasteiger partial charge in [-0.15, -0.1) is 0 Å². The highest BCUT2D eigenvalue weighted by Crippen LogP contribution is 2.40. The van der Waals surface area contributed by atoms with Crippen molar-refractivity contribution in [3.63, 3.8) is 0 Å². The lowest BCUT2D eigenvalue weighted by Crippen LogP contribution is -2.31. The predicted octanol–water partition coefficient (Wildman–Crippen LogP) is 0.923. The van der Waals surface area contributed by atoms with E-state index in [0.29, 0.717) is 0 Å². The molecule has 2 unspecified atom stereocenters. The fourth-order valence-electron chi connectivity index (χ4n) is 2.02. The Labute approximate surface area is 73.3 Å². The van der Waals surface area contributed by atoms with Gasteiger partial charge in [0.15, 0.2) is 0 Å². The van der Waals surface area contributed by atoms with Gasteiger partial charge in [-0.05, 0) is 18.3 Å². The molecule has 0 bridgehead atoms. The van der Waals surface area contributed by atoms with Gasteiger partial charge in [0.1, 0.15) is 0 Å². The molecule has 2 N–H and O–H groups in total. The Bertz CT molecular complexity index is 189. The fourth-order valence-corrected chi connectivity index (χ4v) is 2.02. The number of esters is 1. The van der Waals surface area contributed by atoms with Gasteiger partial charge in [0.05, 0.1) is 13.0 Å². The maximum Gasteiger partial charge on any atom is 0.310 e. The van der Waals surface area contributed by atoms with E-state index in [4.69, 9.17) is 5.73 Å². The molecular formula is C9H17NO2. The lowest BCUT2D eigenvalue weighted by molar-refractivity contribution is -0.145. The van der Waals surface area contributed by atoms with Crippen LogP contribution < -0.4 is 5.73 Å². The summed E-state index contributed by atoms with van der Waals surface area (Å²) in [5, 5.41) is 0.